The minimum Gasteiger partial charge on any atom is -0.309 e. The number of hydrogen-bond acceptors (Lipinski definition) is 1. The second kappa shape index (κ2) is 7.25. The molecule has 0 spiro atoms. The van der Waals surface area contributed by atoms with E-state index in [1.54, 1.807) is 0 Å². The largest absolute Gasteiger partial charge is 0.309 e. The normalized spacial score (nSPS) is 12.8. The smallest absolute Gasteiger partial charge is 0.0134 e. The zero-order valence-corrected chi connectivity index (χ0v) is 12.7. The fourth-order valence-electron chi connectivity index (χ4n) is 2.69. The van der Waals surface area contributed by atoms with Crippen LogP contribution in [0.3, 0.4) is 0 Å². The van der Waals surface area contributed by atoms with Crippen molar-refractivity contribution >= 4 is 0 Å². The Morgan fingerprint density at radius 1 is 0.900 bits per heavy atom. The first-order chi connectivity index (χ1) is 9.66. The molecule has 0 aliphatic rings. The van der Waals surface area contributed by atoms with Crippen LogP contribution in [0.5, 0.6) is 0 Å². The van der Waals surface area contributed by atoms with Gasteiger partial charge in [0, 0.05) is 12.5 Å². The third-order valence-electron chi connectivity index (χ3n) is 3.62. The van der Waals surface area contributed by atoms with Crippen LogP contribution in [0.1, 0.15) is 18.1 Å². The van der Waals surface area contributed by atoms with Crippen molar-refractivity contribution in [1.29, 1.82) is 0 Å². The highest BCUT2D eigenvalue weighted by molar-refractivity contribution is 5.35. The molecule has 0 N–H and O–H groups in total. The Morgan fingerprint density at radius 3 is 2.00 bits per heavy atom. The van der Waals surface area contributed by atoms with E-state index < -0.39 is 0 Å². The van der Waals surface area contributed by atoms with Gasteiger partial charge < -0.3 is 4.90 Å². The Labute approximate surface area is 123 Å². The molecule has 0 fully saturated rings. The van der Waals surface area contributed by atoms with Crippen molar-refractivity contribution in [3.63, 3.8) is 0 Å². The van der Waals surface area contributed by atoms with E-state index in [1.165, 1.54) is 17.0 Å². The molecule has 0 amide bonds. The summed E-state index contributed by atoms with van der Waals surface area (Å²) in [7, 11) is 4.28. The number of hydrogen-bond donors (Lipinski definition) is 0. The molecule has 0 aliphatic carbocycles. The molecule has 0 saturated heterocycles. The zero-order valence-electron chi connectivity index (χ0n) is 12.7. The van der Waals surface area contributed by atoms with Crippen LogP contribution in [0.2, 0.25) is 0 Å². The van der Waals surface area contributed by atoms with E-state index in [2.05, 4.69) is 86.6 Å². The molecule has 0 aromatic heterocycles. The average molecular weight is 266 g/mol. The Morgan fingerprint density at radius 2 is 1.45 bits per heavy atom. The molecule has 1 unspecified atom stereocenters. The van der Waals surface area contributed by atoms with E-state index in [1.807, 2.05) is 0 Å². The molecule has 0 heterocycles. The van der Waals surface area contributed by atoms with Crippen LogP contribution in [0, 0.1) is 11.8 Å². The van der Waals surface area contributed by atoms with Gasteiger partial charge >= 0.3 is 0 Å². The molecular formula is C19H24N. The minimum atomic E-state index is 0.549. The summed E-state index contributed by atoms with van der Waals surface area (Å²) in [6, 6.07) is 21.5. The summed E-state index contributed by atoms with van der Waals surface area (Å²) in [6.45, 7) is 3.41. The first-order valence-electron chi connectivity index (χ1n) is 7.26. The fraction of sp³-hybridized carbons (Fsp3) is 0.316. The van der Waals surface area contributed by atoms with Gasteiger partial charge in [-0.15, -0.1) is 0 Å². The molecule has 0 aliphatic heterocycles. The van der Waals surface area contributed by atoms with Crippen LogP contribution >= 0.6 is 0 Å². The van der Waals surface area contributed by atoms with Gasteiger partial charge in [0.2, 0.25) is 0 Å². The lowest BCUT2D eigenvalue weighted by atomic mass is 9.82. The summed E-state index contributed by atoms with van der Waals surface area (Å²) in [5.41, 5.74) is 2.75. The molecule has 1 nitrogen and oxygen atoms in total. The van der Waals surface area contributed by atoms with Crippen LogP contribution in [0.4, 0.5) is 0 Å². The second-order valence-electron chi connectivity index (χ2n) is 5.72. The first kappa shape index (κ1) is 14.8. The van der Waals surface area contributed by atoms with Crippen molar-refractivity contribution in [2.75, 3.05) is 20.6 Å². The molecule has 1 radical (unpaired) electrons. The van der Waals surface area contributed by atoms with Crippen molar-refractivity contribution in [2.45, 2.75) is 13.3 Å². The van der Waals surface area contributed by atoms with Crippen molar-refractivity contribution < 1.29 is 0 Å². The van der Waals surface area contributed by atoms with Crippen LogP contribution in [-0.4, -0.2) is 25.5 Å². The molecule has 2 aromatic carbocycles. The Bertz CT molecular complexity index is 490. The molecular weight excluding hydrogens is 242 g/mol. The lowest BCUT2D eigenvalue weighted by molar-refractivity contribution is 0.347. The highest BCUT2D eigenvalue weighted by Crippen LogP contribution is 2.28. The monoisotopic (exact) mass is 266 g/mol. The molecule has 2 rings (SSSR count). The van der Waals surface area contributed by atoms with Gasteiger partial charge in [-0.3, -0.25) is 0 Å². The summed E-state index contributed by atoms with van der Waals surface area (Å²) in [5, 5.41) is 0. The lowest BCUT2D eigenvalue weighted by Gasteiger charge is -2.26. The number of nitrogens with zero attached hydrogens (tertiary/aromatic N) is 1. The van der Waals surface area contributed by atoms with Gasteiger partial charge in [0.25, 0.3) is 0 Å². The van der Waals surface area contributed by atoms with E-state index in [9.17, 15) is 0 Å². The van der Waals surface area contributed by atoms with Crippen LogP contribution in [0.25, 0.3) is 0 Å². The van der Waals surface area contributed by atoms with Crippen molar-refractivity contribution in [3.05, 3.63) is 77.7 Å². The van der Waals surface area contributed by atoms with Crippen molar-refractivity contribution in [2.24, 2.45) is 5.92 Å². The van der Waals surface area contributed by atoms with Crippen molar-refractivity contribution in [3.8, 4) is 0 Å². The molecule has 1 atom stereocenters. The molecule has 0 bridgehead atoms. The quantitative estimate of drug-likeness (QED) is 0.762. The standard InChI is InChI=1S/C19H24N/c1-16(15-20(2)3)19(18-12-8-5-9-13-18)14-17-10-6-4-7-11-17/h4-13,16H,14-15H2,1-3H3. The molecule has 2 aromatic rings. The second-order valence-corrected chi connectivity index (χ2v) is 5.72. The predicted octanol–water partition coefficient (Wildman–Crippen LogP) is 4.05. The summed E-state index contributed by atoms with van der Waals surface area (Å²) in [6.07, 6.45) is 1.03. The fourth-order valence-corrected chi connectivity index (χ4v) is 2.69. The van der Waals surface area contributed by atoms with E-state index in [0.717, 1.165) is 13.0 Å². The minimum absolute atomic E-state index is 0.549. The third kappa shape index (κ3) is 4.21. The lowest BCUT2D eigenvalue weighted by Crippen LogP contribution is -2.26. The maximum atomic E-state index is 2.32. The molecule has 0 saturated carbocycles. The Kier molecular flexibility index (Phi) is 5.37. The highest BCUT2D eigenvalue weighted by Gasteiger charge is 2.20. The molecule has 20 heavy (non-hydrogen) atoms. The summed E-state index contributed by atoms with van der Waals surface area (Å²) in [5.74, 6) is 2.07. The third-order valence-corrected chi connectivity index (χ3v) is 3.62. The van der Waals surface area contributed by atoms with E-state index in [4.69, 9.17) is 0 Å². The van der Waals surface area contributed by atoms with Gasteiger partial charge in [-0.05, 0) is 37.6 Å². The maximum absolute atomic E-state index is 2.32. The van der Waals surface area contributed by atoms with Crippen molar-refractivity contribution in [1.82, 2.24) is 4.90 Å². The summed E-state index contributed by atoms with van der Waals surface area (Å²) in [4.78, 5) is 2.26. The Balaban J connectivity index is 2.20. The zero-order chi connectivity index (χ0) is 14.4. The SMILES string of the molecule is CC(CN(C)C)[C](Cc1ccccc1)c1ccccc1. The van der Waals surface area contributed by atoms with E-state index in [-0.39, 0.29) is 0 Å². The van der Waals surface area contributed by atoms with Gasteiger partial charge in [-0.1, -0.05) is 67.6 Å². The first-order valence-corrected chi connectivity index (χ1v) is 7.26. The summed E-state index contributed by atoms with van der Waals surface area (Å²) >= 11 is 0. The number of benzene rings is 2. The topological polar surface area (TPSA) is 3.24 Å². The predicted molar refractivity (Wildman–Crippen MR) is 86.7 cm³/mol. The van der Waals surface area contributed by atoms with E-state index in [0.29, 0.717) is 5.92 Å². The van der Waals surface area contributed by atoms with Gasteiger partial charge in [0.05, 0.1) is 0 Å². The van der Waals surface area contributed by atoms with Gasteiger partial charge in [-0.2, -0.15) is 0 Å². The average Bonchev–Trinajstić information content (AvgIpc) is 2.46. The number of rotatable bonds is 6. The summed E-state index contributed by atoms with van der Waals surface area (Å²) < 4.78 is 0. The highest BCUT2D eigenvalue weighted by atomic mass is 15.1. The molecule has 1 heteroatoms. The molecule has 105 valence electrons. The van der Waals surface area contributed by atoms with Crippen LogP contribution < -0.4 is 0 Å². The maximum Gasteiger partial charge on any atom is 0.0134 e. The van der Waals surface area contributed by atoms with Gasteiger partial charge in [0.15, 0.2) is 0 Å². The Hall–Kier alpha value is -1.60. The van der Waals surface area contributed by atoms with Crippen LogP contribution in [0.15, 0.2) is 60.7 Å². The van der Waals surface area contributed by atoms with Gasteiger partial charge in [0.1, 0.15) is 0 Å². The van der Waals surface area contributed by atoms with Gasteiger partial charge in [-0.25, -0.2) is 0 Å². The van der Waals surface area contributed by atoms with E-state index >= 15 is 0 Å². The van der Waals surface area contributed by atoms with Crippen LogP contribution in [-0.2, 0) is 6.42 Å².